The monoisotopic (exact) mass is 485 g/mol. The molecule has 0 bridgehead atoms. The summed E-state index contributed by atoms with van der Waals surface area (Å²) in [7, 11) is 3.10. The van der Waals surface area contributed by atoms with Crippen molar-refractivity contribution < 1.29 is 9.47 Å². The minimum Gasteiger partial charge on any atom is -0.493 e. The lowest BCUT2D eigenvalue weighted by atomic mass is 10.1. The average molecular weight is 486 g/mol. The minimum atomic E-state index is -0.457. The van der Waals surface area contributed by atoms with Gasteiger partial charge in [-0.15, -0.1) is 0 Å². The molecular formula is C21H16BrN3O4S. The lowest BCUT2D eigenvalue weighted by Gasteiger charge is -2.09. The van der Waals surface area contributed by atoms with Gasteiger partial charge >= 0.3 is 0 Å². The van der Waals surface area contributed by atoms with Crippen LogP contribution in [0.4, 0.5) is 0 Å². The summed E-state index contributed by atoms with van der Waals surface area (Å²) in [5.41, 5.74) is 1.09. The van der Waals surface area contributed by atoms with Crippen molar-refractivity contribution in [1.29, 1.82) is 0 Å². The van der Waals surface area contributed by atoms with Crippen LogP contribution in [0.2, 0.25) is 0 Å². The van der Waals surface area contributed by atoms with Crippen LogP contribution in [0, 0.1) is 0 Å². The molecule has 4 aromatic rings. The molecule has 4 rings (SSSR count). The van der Waals surface area contributed by atoms with E-state index in [-0.39, 0.29) is 22.6 Å². The van der Waals surface area contributed by atoms with Crippen molar-refractivity contribution >= 4 is 38.3 Å². The number of fused-ring (bicyclic) bond motifs is 1. The Hall–Kier alpha value is -3.04. The molecule has 2 aromatic carbocycles. The molecule has 0 saturated heterocycles. The van der Waals surface area contributed by atoms with E-state index in [4.69, 9.17) is 9.47 Å². The normalized spacial score (nSPS) is 11.8. The third-order valence-electron chi connectivity index (χ3n) is 4.44. The fourth-order valence-corrected chi connectivity index (χ4v) is 4.11. The summed E-state index contributed by atoms with van der Waals surface area (Å²) in [6.07, 6.45) is 1.98. The number of ether oxygens (including phenoxy) is 2. The number of hydrogen-bond donors (Lipinski definition) is 0. The molecule has 0 aliphatic heterocycles. The van der Waals surface area contributed by atoms with Crippen LogP contribution in [0.25, 0.3) is 11.0 Å². The topological polar surface area (TPSA) is 82.8 Å². The Labute approximate surface area is 183 Å². The van der Waals surface area contributed by atoms with Gasteiger partial charge in [0.2, 0.25) is 4.96 Å². The Balaban J connectivity index is 1.75. The fraction of sp³-hybridized carbons (Fsp3) is 0.143. The van der Waals surface area contributed by atoms with Crippen LogP contribution >= 0.6 is 27.3 Å². The van der Waals surface area contributed by atoms with Crippen molar-refractivity contribution in [3.63, 3.8) is 0 Å². The maximum absolute atomic E-state index is 12.8. The standard InChI is InChI=1S/C21H16BrN3O4S/c1-28-16-8-5-13(10-17(16)29-2)9-15-19(26)23-21-25(24-15)20(27)18(30-21)11-12-3-6-14(22)7-4-12/h3-8,10-11H,9H2,1-2H3/b18-11-. The highest BCUT2D eigenvalue weighted by Crippen LogP contribution is 2.28. The molecule has 0 unspecified atom stereocenters. The summed E-state index contributed by atoms with van der Waals surface area (Å²) in [5.74, 6) is 1.14. The molecule has 0 aliphatic rings. The van der Waals surface area contributed by atoms with Crippen molar-refractivity contribution in [3.05, 3.63) is 89.0 Å². The average Bonchev–Trinajstić information content (AvgIpc) is 3.04. The van der Waals surface area contributed by atoms with Crippen LogP contribution in [0.3, 0.4) is 0 Å². The van der Waals surface area contributed by atoms with E-state index in [2.05, 4.69) is 26.0 Å². The zero-order valence-electron chi connectivity index (χ0n) is 16.1. The van der Waals surface area contributed by atoms with Crippen LogP contribution in [-0.2, 0) is 6.42 Å². The summed E-state index contributed by atoms with van der Waals surface area (Å²) in [6.45, 7) is 0. The highest BCUT2D eigenvalue weighted by molar-refractivity contribution is 9.10. The molecule has 0 atom stereocenters. The number of rotatable bonds is 5. The van der Waals surface area contributed by atoms with Gasteiger partial charge in [0.05, 0.1) is 18.8 Å². The summed E-state index contributed by atoms with van der Waals surface area (Å²) in [6, 6.07) is 12.9. The van der Waals surface area contributed by atoms with Gasteiger partial charge in [0.15, 0.2) is 11.5 Å². The number of halogens is 1. The molecule has 0 N–H and O–H groups in total. The zero-order chi connectivity index (χ0) is 21.3. The largest absolute Gasteiger partial charge is 0.493 e. The Morgan fingerprint density at radius 1 is 1.07 bits per heavy atom. The smallest absolute Gasteiger partial charge is 0.296 e. The molecular weight excluding hydrogens is 470 g/mol. The molecule has 2 heterocycles. The predicted octanol–water partition coefficient (Wildman–Crippen LogP) is 2.43. The summed E-state index contributed by atoms with van der Waals surface area (Å²) >= 11 is 4.52. The fourth-order valence-electron chi connectivity index (χ4n) is 2.95. The third kappa shape index (κ3) is 3.99. The first-order chi connectivity index (χ1) is 14.5. The Morgan fingerprint density at radius 3 is 2.50 bits per heavy atom. The Kier molecular flexibility index (Phi) is 5.65. The molecule has 0 spiro atoms. The van der Waals surface area contributed by atoms with E-state index in [1.54, 1.807) is 32.4 Å². The lowest BCUT2D eigenvalue weighted by Crippen LogP contribution is -2.28. The SMILES string of the molecule is COc1ccc(Cc2nn3c(=O)/c(=C/c4ccc(Br)cc4)sc3nc2=O)cc1OC. The van der Waals surface area contributed by atoms with Gasteiger partial charge in [-0.2, -0.15) is 14.6 Å². The first kappa shape index (κ1) is 20.2. The lowest BCUT2D eigenvalue weighted by molar-refractivity contribution is 0.354. The number of methoxy groups -OCH3 is 2. The van der Waals surface area contributed by atoms with Crippen LogP contribution < -0.4 is 25.1 Å². The second kappa shape index (κ2) is 8.37. The van der Waals surface area contributed by atoms with Gasteiger partial charge < -0.3 is 9.47 Å². The summed E-state index contributed by atoms with van der Waals surface area (Å²) in [5, 5.41) is 4.28. The molecule has 0 aliphatic carbocycles. The molecule has 9 heteroatoms. The van der Waals surface area contributed by atoms with Crippen molar-refractivity contribution in [2.45, 2.75) is 6.42 Å². The van der Waals surface area contributed by atoms with Crippen molar-refractivity contribution in [3.8, 4) is 11.5 Å². The van der Waals surface area contributed by atoms with Crippen LogP contribution in [0.1, 0.15) is 16.8 Å². The number of nitrogens with zero attached hydrogens (tertiary/aromatic N) is 3. The van der Waals surface area contributed by atoms with E-state index in [0.717, 1.165) is 26.9 Å². The van der Waals surface area contributed by atoms with Crippen LogP contribution in [-0.4, -0.2) is 28.8 Å². The van der Waals surface area contributed by atoms with E-state index in [1.807, 2.05) is 30.3 Å². The molecule has 30 heavy (non-hydrogen) atoms. The van der Waals surface area contributed by atoms with E-state index in [0.29, 0.717) is 16.0 Å². The number of thiazole rings is 1. The van der Waals surface area contributed by atoms with E-state index < -0.39 is 5.56 Å². The summed E-state index contributed by atoms with van der Waals surface area (Å²) in [4.78, 5) is 29.6. The predicted molar refractivity (Wildman–Crippen MR) is 119 cm³/mol. The molecule has 152 valence electrons. The summed E-state index contributed by atoms with van der Waals surface area (Å²) < 4.78 is 13.1. The maximum Gasteiger partial charge on any atom is 0.296 e. The van der Waals surface area contributed by atoms with E-state index in [1.165, 1.54) is 4.52 Å². The van der Waals surface area contributed by atoms with Crippen molar-refractivity contribution in [2.24, 2.45) is 0 Å². The Morgan fingerprint density at radius 2 is 1.80 bits per heavy atom. The van der Waals surface area contributed by atoms with E-state index >= 15 is 0 Å². The van der Waals surface area contributed by atoms with Crippen molar-refractivity contribution in [2.75, 3.05) is 14.2 Å². The minimum absolute atomic E-state index is 0.185. The van der Waals surface area contributed by atoms with Crippen LogP contribution in [0.5, 0.6) is 11.5 Å². The number of benzene rings is 2. The van der Waals surface area contributed by atoms with Crippen LogP contribution in [0.15, 0.2) is 56.5 Å². The molecule has 0 fully saturated rings. The van der Waals surface area contributed by atoms with Gasteiger partial charge in [0.1, 0.15) is 5.69 Å². The second-order valence-electron chi connectivity index (χ2n) is 6.39. The highest BCUT2D eigenvalue weighted by Gasteiger charge is 2.13. The quantitative estimate of drug-likeness (QED) is 0.431. The van der Waals surface area contributed by atoms with Gasteiger partial charge in [-0.05, 0) is 41.5 Å². The van der Waals surface area contributed by atoms with Gasteiger partial charge in [-0.25, -0.2) is 0 Å². The zero-order valence-corrected chi connectivity index (χ0v) is 18.5. The molecule has 0 radical (unpaired) electrons. The van der Waals surface area contributed by atoms with Crippen molar-refractivity contribution in [1.82, 2.24) is 14.6 Å². The second-order valence-corrected chi connectivity index (χ2v) is 8.32. The van der Waals surface area contributed by atoms with Gasteiger partial charge in [-0.1, -0.05) is 45.5 Å². The first-order valence-corrected chi connectivity index (χ1v) is 10.5. The maximum atomic E-state index is 12.8. The first-order valence-electron chi connectivity index (χ1n) is 8.89. The third-order valence-corrected chi connectivity index (χ3v) is 5.93. The molecule has 0 amide bonds. The highest BCUT2D eigenvalue weighted by atomic mass is 79.9. The van der Waals surface area contributed by atoms with Gasteiger partial charge in [-0.3, -0.25) is 9.59 Å². The van der Waals surface area contributed by atoms with Gasteiger partial charge in [0.25, 0.3) is 11.1 Å². The molecule has 0 saturated carbocycles. The van der Waals surface area contributed by atoms with E-state index in [9.17, 15) is 9.59 Å². The Bertz CT molecular complexity index is 1400. The number of aromatic nitrogens is 3. The van der Waals surface area contributed by atoms with Gasteiger partial charge in [0, 0.05) is 10.9 Å². The molecule has 2 aromatic heterocycles. The molecule has 7 nitrogen and oxygen atoms in total. The number of hydrogen-bond acceptors (Lipinski definition) is 7.